The Hall–Kier alpha value is 0.0674. The second-order valence-electron chi connectivity index (χ2n) is 6.29. The normalized spacial score (nSPS) is 11.2. The number of carbonyl (C=O) groups excluding carboxylic acids is 1. The van der Waals surface area contributed by atoms with Gasteiger partial charge in [0, 0.05) is 11.4 Å². The zero-order valence-electron chi connectivity index (χ0n) is 15.0. The Morgan fingerprint density at radius 3 is 1.52 bits per heavy atom. The Bertz CT molecular complexity index is 233. The van der Waals surface area contributed by atoms with Crippen molar-refractivity contribution in [1.29, 1.82) is 0 Å². The van der Waals surface area contributed by atoms with Crippen molar-refractivity contribution in [1.82, 2.24) is 0 Å². The van der Waals surface area contributed by atoms with Crippen LogP contribution in [0.3, 0.4) is 0 Å². The molecule has 0 aromatic heterocycles. The van der Waals surface area contributed by atoms with E-state index >= 15 is 0 Å². The minimum Gasteiger partial charge on any atom is -0.550 e. The van der Waals surface area contributed by atoms with Crippen molar-refractivity contribution in [2.75, 3.05) is 0 Å². The molecule has 0 saturated heterocycles. The van der Waals surface area contributed by atoms with Gasteiger partial charge in [-0.3, -0.25) is 0 Å². The van der Waals surface area contributed by atoms with Gasteiger partial charge >= 0.3 is 18.9 Å². The molecule has 21 heavy (non-hydrogen) atoms. The summed E-state index contributed by atoms with van der Waals surface area (Å²) in [6.45, 7) is 6.48. The molecule has 0 unspecified atom stereocenters. The molecule has 0 aliphatic heterocycles. The van der Waals surface area contributed by atoms with Crippen LogP contribution in [0.25, 0.3) is 0 Å². The van der Waals surface area contributed by atoms with E-state index in [0.717, 1.165) is 51.4 Å². The van der Waals surface area contributed by atoms with Crippen LogP contribution in [0.2, 0.25) is 0 Å². The van der Waals surface area contributed by atoms with Gasteiger partial charge in [0.2, 0.25) is 0 Å². The predicted molar refractivity (Wildman–Crippen MR) is 84.5 cm³/mol. The summed E-state index contributed by atoms with van der Waals surface area (Å²) in [6.07, 6.45) is 13.9. The summed E-state index contributed by atoms with van der Waals surface area (Å²) in [5, 5.41) is 11.7. The van der Waals surface area contributed by atoms with E-state index in [2.05, 4.69) is 20.8 Å². The topological polar surface area (TPSA) is 40.1 Å². The van der Waals surface area contributed by atoms with E-state index in [1.807, 2.05) is 0 Å². The van der Waals surface area contributed by atoms with E-state index < -0.39 is 11.4 Å². The zero-order valence-corrected chi connectivity index (χ0v) is 15.0. The van der Waals surface area contributed by atoms with E-state index in [4.69, 9.17) is 0 Å². The molecule has 0 N–H and O–H groups in total. The van der Waals surface area contributed by atoms with Crippen molar-refractivity contribution in [2.24, 2.45) is 5.41 Å². The van der Waals surface area contributed by atoms with E-state index in [9.17, 15) is 9.90 Å². The van der Waals surface area contributed by atoms with Crippen molar-refractivity contribution < 1.29 is 28.8 Å². The molecule has 0 amide bonds. The van der Waals surface area contributed by atoms with Gasteiger partial charge in [-0.05, 0) is 19.3 Å². The second-order valence-corrected chi connectivity index (χ2v) is 6.29. The fourth-order valence-corrected chi connectivity index (χ4v) is 2.96. The SMILES string of the molecule is CCCCCCCCC(CCCC)(CCCC)C(=O)[O-].[Li+]. The van der Waals surface area contributed by atoms with Crippen LogP contribution in [0.1, 0.15) is 104 Å². The molecule has 0 heterocycles. The maximum absolute atomic E-state index is 11.7. The number of hydrogen-bond acceptors (Lipinski definition) is 2. The third-order valence-electron chi connectivity index (χ3n) is 4.46. The largest absolute Gasteiger partial charge is 1.00 e. The van der Waals surface area contributed by atoms with Crippen LogP contribution in [0.4, 0.5) is 0 Å². The summed E-state index contributed by atoms with van der Waals surface area (Å²) >= 11 is 0. The summed E-state index contributed by atoms with van der Waals surface area (Å²) < 4.78 is 0. The molecule has 3 heteroatoms. The minimum atomic E-state index is -0.798. The van der Waals surface area contributed by atoms with Crippen molar-refractivity contribution in [3.8, 4) is 0 Å². The van der Waals surface area contributed by atoms with Crippen LogP contribution in [0.5, 0.6) is 0 Å². The molecule has 0 fully saturated rings. The summed E-state index contributed by atoms with van der Waals surface area (Å²) in [4.78, 5) is 11.7. The Balaban J connectivity index is 0. The number of rotatable bonds is 14. The van der Waals surface area contributed by atoms with Gasteiger partial charge in [0.05, 0.1) is 0 Å². The van der Waals surface area contributed by atoms with E-state index in [1.165, 1.54) is 32.1 Å². The molecule has 120 valence electrons. The molecule has 0 saturated carbocycles. The molecule has 0 radical (unpaired) electrons. The van der Waals surface area contributed by atoms with E-state index in [0.29, 0.717) is 0 Å². The molecule has 0 spiro atoms. The number of aliphatic carboxylic acids is 1. The Kier molecular flexibility index (Phi) is 16.6. The van der Waals surface area contributed by atoms with Gasteiger partial charge in [0.1, 0.15) is 0 Å². The Labute approximate surface area is 144 Å². The van der Waals surface area contributed by atoms with Crippen LogP contribution >= 0.6 is 0 Å². The number of unbranched alkanes of at least 4 members (excludes halogenated alkanes) is 7. The van der Waals surface area contributed by atoms with Gasteiger partial charge in [-0.15, -0.1) is 0 Å². The van der Waals surface area contributed by atoms with Crippen molar-refractivity contribution in [3.63, 3.8) is 0 Å². The molecule has 0 atom stereocenters. The molecular formula is C18H35LiO2. The molecule has 0 aliphatic rings. The van der Waals surface area contributed by atoms with E-state index in [1.54, 1.807) is 0 Å². The van der Waals surface area contributed by atoms with Crippen molar-refractivity contribution >= 4 is 5.97 Å². The number of hydrogen-bond donors (Lipinski definition) is 0. The maximum Gasteiger partial charge on any atom is 1.00 e. The van der Waals surface area contributed by atoms with Crippen LogP contribution in [-0.2, 0) is 4.79 Å². The van der Waals surface area contributed by atoms with E-state index in [-0.39, 0.29) is 18.9 Å². The van der Waals surface area contributed by atoms with Crippen LogP contribution in [0.15, 0.2) is 0 Å². The van der Waals surface area contributed by atoms with Crippen LogP contribution in [-0.4, -0.2) is 5.97 Å². The molecular weight excluding hydrogens is 255 g/mol. The fraction of sp³-hybridized carbons (Fsp3) is 0.944. The Morgan fingerprint density at radius 1 is 0.714 bits per heavy atom. The fourth-order valence-electron chi connectivity index (χ4n) is 2.96. The number of carbonyl (C=O) groups is 1. The number of carboxylic acid groups (broad SMARTS) is 1. The summed E-state index contributed by atoms with van der Waals surface area (Å²) in [5.74, 6) is -0.798. The van der Waals surface area contributed by atoms with Gasteiger partial charge in [0.25, 0.3) is 0 Å². The van der Waals surface area contributed by atoms with Crippen LogP contribution in [0, 0.1) is 5.41 Å². The van der Waals surface area contributed by atoms with Crippen molar-refractivity contribution in [2.45, 2.75) is 104 Å². The van der Waals surface area contributed by atoms with Gasteiger partial charge in [-0.1, -0.05) is 85.0 Å². The number of carboxylic acids is 1. The first-order valence-electron chi connectivity index (χ1n) is 8.84. The third kappa shape index (κ3) is 10.4. The molecule has 2 nitrogen and oxygen atoms in total. The first kappa shape index (κ1) is 23.3. The first-order chi connectivity index (χ1) is 9.63. The molecule has 0 aliphatic carbocycles. The molecule has 0 aromatic rings. The van der Waals surface area contributed by atoms with Crippen LogP contribution < -0.4 is 24.0 Å². The average molecular weight is 290 g/mol. The smallest absolute Gasteiger partial charge is 0.550 e. The zero-order chi connectivity index (χ0) is 15.3. The van der Waals surface area contributed by atoms with Gasteiger partial charge in [0.15, 0.2) is 0 Å². The minimum absolute atomic E-state index is 0. The quantitative estimate of drug-likeness (QED) is 0.362. The molecule has 0 aromatic carbocycles. The van der Waals surface area contributed by atoms with Gasteiger partial charge in [-0.2, -0.15) is 0 Å². The molecule has 0 rings (SSSR count). The predicted octanol–water partition coefficient (Wildman–Crippen LogP) is 1.86. The summed E-state index contributed by atoms with van der Waals surface area (Å²) in [7, 11) is 0. The van der Waals surface area contributed by atoms with Crippen molar-refractivity contribution in [3.05, 3.63) is 0 Å². The maximum atomic E-state index is 11.7. The first-order valence-corrected chi connectivity index (χ1v) is 8.84. The Morgan fingerprint density at radius 2 is 1.10 bits per heavy atom. The standard InChI is InChI=1S/C18H36O2.Li/c1-4-7-10-11-12-13-16-18(17(19)20,14-8-5-2)15-9-6-3;/h4-16H2,1-3H3,(H,19,20);/q;+1/p-1. The van der Waals surface area contributed by atoms with Gasteiger partial charge in [-0.25, -0.2) is 0 Å². The monoisotopic (exact) mass is 290 g/mol. The summed E-state index contributed by atoms with van der Waals surface area (Å²) in [6, 6.07) is 0. The summed E-state index contributed by atoms with van der Waals surface area (Å²) in [5.41, 5.74) is -0.545. The third-order valence-corrected chi connectivity index (χ3v) is 4.46. The van der Waals surface area contributed by atoms with Gasteiger partial charge < -0.3 is 9.90 Å². The average Bonchev–Trinajstić information content (AvgIpc) is 2.44. The molecule has 0 bridgehead atoms. The second kappa shape index (κ2) is 15.0.